The van der Waals surface area contributed by atoms with Crippen molar-refractivity contribution in [3.05, 3.63) is 83.7 Å². The molecule has 0 aliphatic heterocycles. The molecule has 22 heavy (non-hydrogen) atoms. The average molecular weight is 292 g/mol. The Balaban J connectivity index is 0.00000176. The van der Waals surface area contributed by atoms with E-state index in [1.54, 1.807) is 6.07 Å². The number of benzene rings is 3. The molecule has 0 aliphatic carbocycles. The minimum atomic E-state index is -0.168. The van der Waals surface area contributed by atoms with Gasteiger partial charge in [0.1, 0.15) is 5.82 Å². The van der Waals surface area contributed by atoms with Crippen LogP contribution in [0.3, 0.4) is 0 Å². The molecule has 3 aromatic carbocycles. The van der Waals surface area contributed by atoms with Gasteiger partial charge in [-0.1, -0.05) is 73.7 Å². The van der Waals surface area contributed by atoms with Crippen LogP contribution < -0.4 is 0 Å². The summed E-state index contributed by atoms with van der Waals surface area (Å²) in [5, 5.41) is 0. The van der Waals surface area contributed by atoms with Crippen LogP contribution >= 0.6 is 0 Å². The summed E-state index contributed by atoms with van der Waals surface area (Å²) in [6, 6.07) is 21.8. The van der Waals surface area contributed by atoms with Gasteiger partial charge in [-0.3, -0.25) is 0 Å². The Bertz CT molecular complexity index is 753. The molecule has 3 rings (SSSR count). The van der Waals surface area contributed by atoms with E-state index in [0.717, 1.165) is 16.7 Å². The standard InChI is InChI=1S/C20H17F.CH4/c1-14-3-6-16(7-4-14)17-8-10-18(11-9-17)19-12-5-15(2)13-20(19)21;/h3-13H,1-2H3;1H4. The first-order valence-corrected chi connectivity index (χ1v) is 7.07. The third-order valence-electron chi connectivity index (χ3n) is 3.71. The van der Waals surface area contributed by atoms with Crippen LogP contribution in [0.2, 0.25) is 0 Å². The molecule has 0 N–H and O–H groups in total. The average Bonchev–Trinajstić information content (AvgIpc) is 2.48. The number of rotatable bonds is 2. The highest BCUT2D eigenvalue weighted by molar-refractivity contribution is 5.71. The summed E-state index contributed by atoms with van der Waals surface area (Å²) in [6.07, 6.45) is 0. The second kappa shape index (κ2) is 6.57. The SMILES string of the molecule is C.Cc1ccc(-c2ccc(-c3ccc(C)cc3F)cc2)cc1. The highest BCUT2D eigenvalue weighted by Gasteiger charge is 2.05. The molecular weight excluding hydrogens is 271 g/mol. The fourth-order valence-electron chi connectivity index (χ4n) is 2.44. The molecule has 0 nitrogen and oxygen atoms in total. The first-order valence-electron chi connectivity index (χ1n) is 7.07. The summed E-state index contributed by atoms with van der Waals surface area (Å²) in [4.78, 5) is 0. The van der Waals surface area contributed by atoms with E-state index in [1.165, 1.54) is 11.1 Å². The summed E-state index contributed by atoms with van der Waals surface area (Å²) in [6.45, 7) is 3.97. The fraction of sp³-hybridized carbons (Fsp3) is 0.143. The molecule has 1 heteroatoms. The molecule has 0 saturated heterocycles. The lowest BCUT2D eigenvalue weighted by molar-refractivity contribution is 0.630. The largest absolute Gasteiger partial charge is 0.206 e. The van der Waals surface area contributed by atoms with E-state index in [2.05, 4.69) is 31.2 Å². The second-order valence-corrected chi connectivity index (χ2v) is 5.43. The van der Waals surface area contributed by atoms with Crippen LogP contribution in [0.25, 0.3) is 22.3 Å². The molecule has 0 radical (unpaired) electrons. The Hall–Kier alpha value is -2.41. The van der Waals surface area contributed by atoms with Crippen molar-refractivity contribution in [3.8, 4) is 22.3 Å². The highest BCUT2D eigenvalue weighted by atomic mass is 19.1. The predicted octanol–water partition coefficient (Wildman–Crippen LogP) is 6.41. The molecule has 3 aromatic rings. The summed E-state index contributed by atoms with van der Waals surface area (Å²) < 4.78 is 14.0. The minimum Gasteiger partial charge on any atom is -0.206 e. The van der Waals surface area contributed by atoms with Gasteiger partial charge < -0.3 is 0 Å². The lowest BCUT2D eigenvalue weighted by Crippen LogP contribution is -1.86. The molecule has 0 unspecified atom stereocenters. The summed E-state index contributed by atoms with van der Waals surface area (Å²) in [5.74, 6) is -0.168. The van der Waals surface area contributed by atoms with Crippen LogP contribution in [0.15, 0.2) is 66.7 Å². The van der Waals surface area contributed by atoms with Crippen LogP contribution in [0.4, 0.5) is 4.39 Å². The molecule has 0 spiro atoms. The molecule has 0 aromatic heterocycles. The monoisotopic (exact) mass is 292 g/mol. The summed E-state index contributed by atoms with van der Waals surface area (Å²) >= 11 is 0. The Kier molecular flexibility index (Phi) is 4.77. The summed E-state index contributed by atoms with van der Waals surface area (Å²) in [5.41, 5.74) is 6.06. The molecule has 112 valence electrons. The maximum absolute atomic E-state index is 14.0. The van der Waals surface area contributed by atoms with E-state index < -0.39 is 0 Å². The van der Waals surface area contributed by atoms with Crippen LogP contribution in [0.1, 0.15) is 18.6 Å². The van der Waals surface area contributed by atoms with E-state index in [1.807, 2.05) is 43.3 Å². The van der Waals surface area contributed by atoms with Crippen molar-refractivity contribution in [2.45, 2.75) is 21.3 Å². The Morgan fingerprint density at radius 2 is 1.05 bits per heavy atom. The Morgan fingerprint density at radius 1 is 0.591 bits per heavy atom. The van der Waals surface area contributed by atoms with E-state index >= 15 is 0 Å². The van der Waals surface area contributed by atoms with Gasteiger partial charge in [-0.2, -0.15) is 0 Å². The maximum Gasteiger partial charge on any atom is 0.131 e. The Morgan fingerprint density at radius 3 is 1.59 bits per heavy atom. The first kappa shape index (κ1) is 16.0. The molecule has 0 heterocycles. The van der Waals surface area contributed by atoms with Gasteiger partial charge in [0.2, 0.25) is 0 Å². The zero-order valence-electron chi connectivity index (χ0n) is 12.2. The normalized spacial score (nSPS) is 10.1. The van der Waals surface area contributed by atoms with Gasteiger partial charge in [-0.25, -0.2) is 4.39 Å². The van der Waals surface area contributed by atoms with Gasteiger partial charge in [0.25, 0.3) is 0 Å². The number of halogens is 1. The zero-order chi connectivity index (χ0) is 14.8. The highest BCUT2D eigenvalue weighted by Crippen LogP contribution is 2.27. The zero-order valence-corrected chi connectivity index (χ0v) is 12.2. The molecule has 0 bridgehead atoms. The van der Waals surface area contributed by atoms with Gasteiger partial charge in [-0.15, -0.1) is 0 Å². The van der Waals surface area contributed by atoms with Gasteiger partial charge in [0.05, 0.1) is 0 Å². The van der Waals surface area contributed by atoms with E-state index in [4.69, 9.17) is 0 Å². The lowest BCUT2D eigenvalue weighted by Gasteiger charge is -2.07. The Labute approximate surface area is 132 Å². The van der Waals surface area contributed by atoms with Crippen LogP contribution in [0, 0.1) is 19.7 Å². The number of hydrogen-bond acceptors (Lipinski definition) is 0. The van der Waals surface area contributed by atoms with Crippen molar-refractivity contribution in [1.29, 1.82) is 0 Å². The molecule has 0 atom stereocenters. The van der Waals surface area contributed by atoms with Gasteiger partial charge in [0.15, 0.2) is 0 Å². The van der Waals surface area contributed by atoms with E-state index in [9.17, 15) is 4.39 Å². The van der Waals surface area contributed by atoms with Crippen LogP contribution in [0.5, 0.6) is 0 Å². The second-order valence-electron chi connectivity index (χ2n) is 5.43. The molecular formula is C21H21F. The van der Waals surface area contributed by atoms with Crippen molar-refractivity contribution in [2.24, 2.45) is 0 Å². The number of aryl methyl sites for hydroxylation is 2. The van der Waals surface area contributed by atoms with Crippen molar-refractivity contribution < 1.29 is 4.39 Å². The van der Waals surface area contributed by atoms with Gasteiger partial charge >= 0.3 is 0 Å². The van der Waals surface area contributed by atoms with Crippen molar-refractivity contribution >= 4 is 0 Å². The fourth-order valence-corrected chi connectivity index (χ4v) is 2.44. The van der Waals surface area contributed by atoms with Crippen LogP contribution in [-0.4, -0.2) is 0 Å². The molecule has 0 fully saturated rings. The van der Waals surface area contributed by atoms with Gasteiger partial charge in [-0.05, 0) is 42.2 Å². The minimum absolute atomic E-state index is 0. The molecule has 0 amide bonds. The lowest BCUT2D eigenvalue weighted by atomic mass is 9.99. The van der Waals surface area contributed by atoms with Gasteiger partial charge in [0, 0.05) is 5.56 Å². The van der Waals surface area contributed by atoms with E-state index in [0.29, 0.717) is 5.56 Å². The van der Waals surface area contributed by atoms with Crippen molar-refractivity contribution in [2.75, 3.05) is 0 Å². The van der Waals surface area contributed by atoms with Crippen molar-refractivity contribution in [1.82, 2.24) is 0 Å². The smallest absolute Gasteiger partial charge is 0.131 e. The number of hydrogen-bond donors (Lipinski definition) is 0. The first-order chi connectivity index (χ1) is 10.1. The summed E-state index contributed by atoms with van der Waals surface area (Å²) in [7, 11) is 0. The molecule has 0 aliphatic rings. The quantitative estimate of drug-likeness (QED) is 0.511. The van der Waals surface area contributed by atoms with E-state index in [-0.39, 0.29) is 13.2 Å². The third kappa shape index (κ3) is 3.25. The topological polar surface area (TPSA) is 0 Å². The third-order valence-corrected chi connectivity index (χ3v) is 3.71. The molecule has 0 saturated carbocycles. The predicted molar refractivity (Wildman–Crippen MR) is 93.5 cm³/mol. The van der Waals surface area contributed by atoms with Crippen LogP contribution in [-0.2, 0) is 0 Å². The van der Waals surface area contributed by atoms with Crippen molar-refractivity contribution in [3.63, 3.8) is 0 Å². The maximum atomic E-state index is 14.0.